The fraction of sp³-hybridized carbons (Fsp3) is 0.375. The molecule has 1 amide bonds. The van der Waals surface area contributed by atoms with Crippen molar-refractivity contribution in [2.24, 2.45) is 0 Å². The van der Waals surface area contributed by atoms with Crippen molar-refractivity contribution in [3.05, 3.63) is 24.2 Å². The van der Waals surface area contributed by atoms with Gasteiger partial charge in [0.1, 0.15) is 11.9 Å². The van der Waals surface area contributed by atoms with Crippen molar-refractivity contribution in [2.45, 2.75) is 6.17 Å². The highest BCUT2D eigenvalue weighted by atomic mass is 16.3. The number of rotatable bonds is 1. The zero-order valence-electron chi connectivity index (χ0n) is 6.78. The molecule has 64 valence electrons. The molecule has 0 radical (unpaired) electrons. The van der Waals surface area contributed by atoms with Gasteiger partial charge < -0.3 is 9.73 Å². The molecule has 1 aromatic rings. The van der Waals surface area contributed by atoms with Gasteiger partial charge in [-0.3, -0.25) is 9.69 Å². The van der Waals surface area contributed by atoms with Crippen molar-refractivity contribution >= 4 is 5.91 Å². The summed E-state index contributed by atoms with van der Waals surface area (Å²) in [7, 11) is 1.88. The zero-order valence-corrected chi connectivity index (χ0v) is 6.78. The Morgan fingerprint density at radius 3 is 3.08 bits per heavy atom. The number of amides is 1. The van der Waals surface area contributed by atoms with Crippen LogP contribution in [0.4, 0.5) is 0 Å². The minimum atomic E-state index is -0.0903. The van der Waals surface area contributed by atoms with E-state index in [9.17, 15) is 4.79 Å². The molecule has 0 saturated carbocycles. The van der Waals surface area contributed by atoms with E-state index in [1.54, 1.807) is 6.26 Å². The zero-order chi connectivity index (χ0) is 8.55. The molecule has 4 heteroatoms. The van der Waals surface area contributed by atoms with Crippen LogP contribution >= 0.6 is 0 Å². The maximum Gasteiger partial charge on any atom is 0.235 e. The molecular weight excluding hydrogens is 156 g/mol. The van der Waals surface area contributed by atoms with Crippen LogP contribution in [0, 0.1) is 0 Å². The number of likely N-dealkylation sites (N-methyl/N-ethyl adjacent to an activating group) is 1. The van der Waals surface area contributed by atoms with Gasteiger partial charge in [0, 0.05) is 0 Å². The van der Waals surface area contributed by atoms with Crippen LogP contribution in [-0.2, 0) is 4.79 Å². The van der Waals surface area contributed by atoms with Gasteiger partial charge in [0.05, 0.1) is 12.8 Å². The third-order valence-corrected chi connectivity index (χ3v) is 1.94. The molecule has 0 bridgehead atoms. The second kappa shape index (κ2) is 2.64. The van der Waals surface area contributed by atoms with E-state index in [0.717, 1.165) is 5.76 Å². The van der Waals surface area contributed by atoms with Crippen LogP contribution in [0.3, 0.4) is 0 Å². The van der Waals surface area contributed by atoms with Crippen LogP contribution < -0.4 is 5.32 Å². The molecule has 1 saturated heterocycles. The quantitative estimate of drug-likeness (QED) is 0.654. The summed E-state index contributed by atoms with van der Waals surface area (Å²) >= 11 is 0. The van der Waals surface area contributed by atoms with Gasteiger partial charge >= 0.3 is 0 Å². The average Bonchev–Trinajstić information content (AvgIpc) is 2.58. The van der Waals surface area contributed by atoms with E-state index in [4.69, 9.17) is 4.42 Å². The SMILES string of the molecule is CN1CC(=O)NC1c1ccco1. The molecule has 1 atom stereocenters. The Bertz CT molecular complexity index is 281. The Kier molecular flexibility index (Phi) is 1.62. The predicted molar refractivity (Wildman–Crippen MR) is 42.2 cm³/mol. The molecular formula is C8H10N2O2. The Morgan fingerprint density at radius 2 is 2.58 bits per heavy atom. The van der Waals surface area contributed by atoms with Gasteiger partial charge in [0.2, 0.25) is 5.91 Å². The van der Waals surface area contributed by atoms with Gasteiger partial charge in [-0.2, -0.15) is 0 Å². The lowest BCUT2D eigenvalue weighted by molar-refractivity contribution is -0.118. The number of carbonyl (C=O) groups excluding carboxylic acids is 1. The van der Waals surface area contributed by atoms with E-state index < -0.39 is 0 Å². The first-order valence-corrected chi connectivity index (χ1v) is 3.80. The molecule has 1 aromatic heterocycles. The molecule has 0 spiro atoms. The maximum atomic E-state index is 11.0. The molecule has 1 unspecified atom stereocenters. The summed E-state index contributed by atoms with van der Waals surface area (Å²) in [6.45, 7) is 0.436. The van der Waals surface area contributed by atoms with Gasteiger partial charge in [-0.15, -0.1) is 0 Å². The minimum absolute atomic E-state index is 0.0406. The lowest BCUT2D eigenvalue weighted by atomic mass is 10.3. The molecule has 4 nitrogen and oxygen atoms in total. The van der Waals surface area contributed by atoms with Crippen molar-refractivity contribution in [1.82, 2.24) is 10.2 Å². The summed E-state index contributed by atoms with van der Waals surface area (Å²) in [6, 6.07) is 3.67. The fourth-order valence-electron chi connectivity index (χ4n) is 1.36. The van der Waals surface area contributed by atoms with Gasteiger partial charge in [0.15, 0.2) is 0 Å². The Balaban J connectivity index is 2.20. The summed E-state index contributed by atoms with van der Waals surface area (Å²) in [5.74, 6) is 0.822. The molecule has 12 heavy (non-hydrogen) atoms. The molecule has 1 N–H and O–H groups in total. The predicted octanol–water partition coefficient (Wildman–Crippen LogP) is 0.340. The molecule has 0 aromatic carbocycles. The number of nitrogens with one attached hydrogen (secondary N) is 1. The number of hydrogen-bond donors (Lipinski definition) is 1. The van der Waals surface area contributed by atoms with Crippen molar-refractivity contribution < 1.29 is 9.21 Å². The Labute approximate surface area is 70.2 Å². The summed E-state index contributed by atoms with van der Waals surface area (Å²) < 4.78 is 5.18. The van der Waals surface area contributed by atoms with Crippen molar-refractivity contribution in [2.75, 3.05) is 13.6 Å². The highest BCUT2D eigenvalue weighted by Crippen LogP contribution is 2.19. The second-order valence-corrected chi connectivity index (χ2v) is 2.90. The summed E-state index contributed by atoms with van der Waals surface area (Å²) in [4.78, 5) is 12.9. The van der Waals surface area contributed by atoms with E-state index in [0.29, 0.717) is 6.54 Å². The van der Waals surface area contributed by atoms with Crippen molar-refractivity contribution in [3.63, 3.8) is 0 Å². The molecule has 2 heterocycles. The molecule has 2 rings (SSSR count). The molecule has 1 fully saturated rings. The second-order valence-electron chi connectivity index (χ2n) is 2.90. The number of carbonyl (C=O) groups is 1. The first-order valence-electron chi connectivity index (χ1n) is 3.80. The normalized spacial score (nSPS) is 24.4. The van der Waals surface area contributed by atoms with Crippen LogP contribution in [0.15, 0.2) is 22.8 Å². The van der Waals surface area contributed by atoms with Crippen LogP contribution in [0.2, 0.25) is 0 Å². The van der Waals surface area contributed by atoms with Crippen LogP contribution in [-0.4, -0.2) is 24.4 Å². The van der Waals surface area contributed by atoms with Crippen LogP contribution in [0.1, 0.15) is 11.9 Å². The summed E-state index contributed by atoms with van der Waals surface area (Å²) in [6.07, 6.45) is 1.51. The van der Waals surface area contributed by atoms with Gasteiger partial charge in [-0.05, 0) is 19.2 Å². The summed E-state index contributed by atoms with van der Waals surface area (Å²) in [5.41, 5.74) is 0. The van der Waals surface area contributed by atoms with Crippen molar-refractivity contribution in [3.8, 4) is 0 Å². The smallest absolute Gasteiger partial charge is 0.235 e. The van der Waals surface area contributed by atoms with Gasteiger partial charge in [-0.1, -0.05) is 0 Å². The largest absolute Gasteiger partial charge is 0.466 e. The summed E-state index contributed by atoms with van der Waals surface area (Å²) in [5, 5.41) is 2.80. The van der Waals surface area contributed by atoms with E-state index >= 15 is 0 Å². The minimum Gasteiger partial charge on any atom is -0.466 e. The van der Waals surface area contributed by atoms with E-state index in [2.05, 4.69) is 5.32 Å². The number of nitrogens with zero attached hydrogens (tertiary/aromatic N) is 1. The Hall–Kier alpha value is -1.29. The molecule has 0 aliphatic carbocycles. The Morgan fingerprint density at radius 1 is 1.75 bits per heavy atom. The first kappa shape index (κ1) is 7.36. The molecule has 1 aliphatic heterocycles. The van der Waals surface area contributed by atoms with Crippen LogP contribution in [0.25, 0.3) is 0 Å². The van der Waals surface area contributed by atoms with Crippen molar-refractivity contribution in [1.29, 1.82) is 0 Å². The number of hydrogen-bond acceptors (Lipinski definition) is 3. The average molecular weight is 166 g/mol. The third-order valence-electron chi connectivity index (χ3n) is 1.94. The lowest BCUT2D eigenvalue weighted by Crippen LogP contribution is -2.23. The monoisotopic (exact) mass is 166 g/mol. The standard InChI is InChI=1S/C8H10N2O2/c1-10-5-7(11)9-8(10)6-3-2-4-12-6/h2-4,8H,5H2,1H3,(H,9,11). The third kappa shape index (κ3) is 1.10. The number of furan rings is 1. The highest BCUT2D eigenvalue weighted by molar-refractivity contribution is 5.80. The van der Waals surface area contributed by atoms with Crippen LogP contribution in [0.5, 0.6) is 0 Å². The first-order chi connectivity index (χ1) is 5.77. The van der Waals surface area contributed by atoms with Gasteiger partial charge in [-0.25, -0.2) is 0 Å². The lowest BCUT2D eigenvalue weighted by Gasteiger charge is -2.14. The fourth-order valence-corrected chi connectivity index (χ4v) is 1.36. The van der Waals surface area contributed by atoms with E-state index in [-0.39, 0.29) is 12.1 Å². The molecule has 1 aliphatic rings. The highest BCUT2D eigenvalue weighted by Gasteiger charge is 2.29. The van der Waals surface area contributed by atoms with Gasteiger partial charge in [0.25, 0.3) is 0 Å². The van der Waals surface area contributed by atoms with E-state index in [1.807, 2.05) is 24.1 Å². The maximum absolute atomic E-state index is 11.0. The topological polar surface area (TPSA) is 45.5 Å². The van der Waals surface area contributed by atoms with E-state index in [1.165, 1.54) is 0 Å².